The molecule has 3 heteroatoms. The highest BCUT2D eigenvalue weighted by atomic mass is 15.3. The van der Waals surface area contributed by atoms with E-state index in [1.807, 2.05) is 62.1 Å². The molecule has 0 aliphatic heterocycles. The maximum Gasteiger partial charge on any atom is 0.0518 e. The molecule has 3 nitrogen and oxygen atoms in total. The van der Waals surface area contributed by atoms with E-state index in [0.717, 1.165) is 6.54 Å². The van der Waals surface area contributed by atoms with E-state index in [9.17, 15) is 0 Å². The van der Waals surface area contributed by atoms with E-state index in [0.29, 0.717) is 5.92 Å². The zero-order valence-corrected chi connectivity index (χ0v) is 16.6. The van der Waals surface area contributed by atoms with Crippen LogP contribution in [-0.2, 0) is 6.54 Å². The van der Waals surface area contributed by atoms with Crippen LogP contribution in [0.2, 0.25) is 0 Å². The first-order valence-electron chi connectivity index (χ1n) is 9.02. The molecule has 0 saturated carbocycles. The Morgan fingerprint density at radius 2 is 1.48 bits per heavy atom. The second-order valence-electron chi connectivity index (χ2n) is 5.46. The molecule has 2 aromatic heterocycles. The third-order valence-corrected chi connectivity index (χ3v) is 3.12. The predicted molar refractivity (Wildman–Crippen MR) is 109 cm³/mol. The summed E-state index contributed by atoms with van der Waals surface area (Å²) in [5.74, 6) is 0.659. The quantitative estimate of drug-likeness (QED) is 0.562. The van der Waals surface area contributed by atoms with Crippen molar-refractivity contribution in [1.82, 2.24) is 14.8 Å². The first kappa shape index (κ1) is 22.6. The first-order chi connectivity index (χ1) is 12.1. The van der Waals surface area contributed by atoms with Gasteiger partial charge in [0.05, 0.1) is 6.20 Å². The van der Waals surface area contributed by atoms with Gasteiger partial charge in [-0.25, -0.2) is 0 Å². The highest BCUT2D eigenvalue weighted by molar-refractivity contribution is 5.17. The van der Waals surface area contributed by atoms with E-state index in [2.05, 4.69) is 55.1 Å². The average Bonchev–Trinajstić information content (AvgIpc) is 3.12. The van der Waals surface area contributed by atoms with Crippen LogP contribution in [0.15, 0.2) is 73.3 Å². The van der Waals surface area contributed by atoms with E-state index in [4.69, 9.17) is 0 Å². The molecule has 0 saturated heterocycles. The third kappa shape index (κ3) is 11.7. The molecule has 0 unspecified atom stereocenters. The van der Waals surface area contributed by atoms with Crippen molar-refractivity contribution in [2.75, 3.05) is 0 Å². The van der Waals surface area contributed by atoms with Gasteiger partial charge in [0.1, 0.15) is 0 Å². The van der Waals surface area contributed by atoms with Crippen molar-refractivity contribution in [2.24, 2.45) is 0 Å². The van der Waals surface area contributed by atoms with Gasteiger partial charge in [0, 0.05) is 25.1 Å². The van der Waals surface area contributed by atoms with Crippen LogP contribution in [0.3, 0.4) is 0 Å². The molecular formula is C22H33N3. The van der Waals surface area contributed by atoms with E-state index in [1.165, 1.54) is 11.1 Å². The van der Waals surface area contributed by atoms with Crippen LogP contribution < -0.4 is 0 Å². The minimum atomic E-state index is 0.659. The number of nitrogens with zero attached hydrogens (tertiary/aromatic N) is 3. The molecule has 3 rings (SSSR count). The fraction of sp³-hybridized carbons (Fsp3) is 0.364. The molecule has 0 radical (unpaired) electrons. The van der Waals surface area contributed by atoms with Gasteiger partial charge in [-0.2, -0.15) is 5.10 Å². The topological polar surface area (TPSA) is 30.7 Å². The molecule has 0 bridgehead atoms. The Bertz CT molecular complexity index is 589. The van der Waals surface area contributed by atoms with Gasteiger partial charge >= 0.3 is 0 Å². The highest BCUT2D eigenvalue weighted by Gasteiger charge is 1.93. The van der Waals surface area contributed by atoms with Gasteiger partial charge in [0.2, 0.25) is 0 Å². The van der Waals surface area contributed by atoms with Crippen molar-refractivity contribution in [3.63, 3.8) is 0 Å². The second-order valence-corrected chi connectivity index (χ2v) is 5.46. The number of aromatic nitrogens is 3. The summed E-state index contributed by atoms with van der Waals surface area (Å²) in [5, 5.41) is 4.05. The van der Waals surface area contributed by atoms with Gasteiger partial charge in [-0.3, -0.25) is 9.67 Å². The summed E-state index contributed by atoms with van der Waals surface area (Å²) in [4.78, 5) is 3.78. The zero-order chi connectivity index (χ0) is 18.9. The van der Waals surface area contributed by atoms with Gasteiger partial charge in [-0.1, -0.05) is 64.1 Å². The largest absolute Gasteiger partial charge is 0.273 e. The lowest BCUT2D eigenvalue weighted by Gasteiger charge is -2.01. The molecular weight excluding hydrogens is 306 g/mol. The third-order valence-electron chi connectivity index (χ3n) is 3.12. The molecule has 0 N–H and O–H groups in total. The van der Waals surface area contributed by atoms with Crippen LogP contribution in [0, 0.1) is 6.92 Å². The number of hydrogen-bond donors (Lipinski definition) is 0. The van der Waals surface area contributed by atoms with Gasteiger partial charge in [-0.05, 0) is 43.0 Å². The molecule has 0 aliphatic rings. The molecule has 25 heavy (non-hydrogen) atoms. The molecule has 2 heterocycles. The van der Waals surface area contributed by atoms with Crippen LogP contribution in [-0.4, -0.2) is 14.8 Å². The predicted octanol–water partition coefficient (Wildman–Crippen LogP) is 6.13. The Kier molecular flexibility index (Phi) is 13.7. The highest BCUT2D eigenvalue weighted by Crippen LogP contribution is 2.11. The maximum absolute atomic E-state index is 4.05. The molecule has 0 atom stereocenters. The summed E-state index contributed by atoms with van der Waals surface area (Å²) in [7, 11) is 0. The molecule has 136 valence electrons. The fourth-order valence-corrected chi connectivity index (χ4v) is 1.79. The Hall–Kier alpha value is -2.42. The Morgan fingerprint density at radius 1 is 0.920 bits per heavy atom. The van der Waals surface area contributed by atoms with Crippen molar-refractivity contribution in [1.29, 1.82) is 0 Å². The summed E-state index contributed by atoms with van der Waals surface area (Å²) in [6.07, 6.45) is 7.39. The van der Waals surface area contributed by atoms with Gasteiger partial charge < -0.3 is 0 Å². The van der Waals surface area contributed by atoms with Crippen molar-refractivity contribution >= 4 is 0 Å². The molecule has 0 fully saturated rings. The van der Waals surface area contributed by atoms with Gasteiger partial charge in [0.15, 0.2) is 0 Å². The van der Waals surface area contributed by atoms with Crippen LogP contribution >= 0.6 is 0 Å². The number of pyridine rings is 1. The van der Waals surface area contributed by atoms with E-state index in [-0.39, 0.29) is 0 Å². The SMILES string of the molecule is CC.CC(C)c1ccccc1.CCn1cc(C)cn1.c1ccncc1. The normalized spacial score (nSPS) is 8.92. The minimum Gasteiger partial charge on any atom is -0.273 e. The molecule has 0 aliphatic carbocycles. The Morgan fingerprint density at radius 3 is 1.72 bits per heavy atom. The van der Waals surface area contributed by atoms with Crippen molar-refractivity contribution < 1.29 is 0 Å². The van der Waals surface area contributed by atoms with Gasteiger partial charge in [0.25, 0.3) is 0 Å². The molecule has 0 amide bonds. The van der Waals surface area contributed by atoms with Crippen molar-refractivity contribution in [3.05, 3.63) is 84.4 Å². The van der Waals surface area contributed by atoms with E-state index >= 15 is 0 Å². The Labute approximate surface area is 153 Å². The van der Waals surface area contributed by atoms with Crippen molar-refractivity contribution in [3.8, 4) is 0 Å². The lowest BCUT2D eigenvalue weighted by atomic mass is 10.0. The summed E-state index contributed by atoms with van der Waals surface area (Å²) in [6.45, 7) is 13.5. The minimum absolute atomic E-state index is 0.659. The Balaban J connectivity index is 0.000000334. The lowest BCUT2D eigenvalue weighted by Crippen LogP contribution is -1.91. The first-order valence-corrected chi connectivity index (χ1v) is 9.02. The van der Waals surface area contributed by atoms with Crippen LogP contribution in [0.25, 0.3) is 0 Å². The fourth-order valence-electron chi connectivity index (χ4n) is 1.79. The van der Waals surface area contributed by atoms with Gasteiger partial charge in [-0.15, -0.1) is 0 Å². The standard InChI is InChI=1S/C9H12.C6H10N2.C5H5N.C2H6/c1-8(2)9-6-4-3-5-7-9;1-3-8-5-6(2)4-7-8;1-2-4-6-5-3-1;1-2/h3-8H,1-2H3;4-5H,3H2,1-2H3;1-5H;1-2H3. The molecule has 0 spiro atoms. The average molecular weight is 340 g/mol. The summed E-state index contributed by atoms with van der Waals surface area (Å²) in [5.41, 5.74) is 2.64. The monoisotopic (exact) mass is 339 g/mol. The zero-order valence-electron chi connectivity index (χ0n) is 16.6. The van der Waals surface area contributed by atoms with E-state index < -0.39 is 0 Å². The number of aryl methyl sites for hydroxylation is 2. The van der Waals surface area contributed by atoms with Crippen LogP contribution in [0.1, 0.15) is 51.7 Å². The summed E-state index contributed by atoms with van der Waals surface area (Å²) >= 11 is 0. The molecule has 1 aromatic carbocycles. The maximum atomic E-state index is 4.05. The van der Waals surface area contributed by atoms with Crippen LogP contribution in [0.4, 0.5) is 0 Å². The smallest absolute Gasteiger partial charge is 0.0518 e. The number of rotatable bonds is 2. The number of hydrogen-bond acceptors (Lipinski definition) is 2. The molecule has 3 aromatic rings. The van der Waals surface area contributed by atoms with Crippen LogP contribution in [0.5, 0.6) is 0 Å². The lowest BCUT2D eigenvalue weighted by molar-refractivity contribution is 0.659. The summed E-state index contributed by atoms with van der Waals surface area (Å²) in [6, 6.07) is 16.2. The van der Waals surface area contributed by atoms with Crippen molar-refractivity contribution in [2.45, 2.75) is 54.0 Å². The van der Waals surface area contributed by atoms with E-state index in [1.54, 1.807) is 12.4 Å². The summed E-state index contributed by atoms with van der Waals surface area (Å²) < 4.78 is 1.91. The number of benzene rings is 1. The second kappa shape index (κ2) is 15.1.